The number of amides is 1. The van der Waals surface area contributed by atoms with Crippen LogP contribution in [-0.4, -0.2) is 216 Å². The van der Waals surface area contributed by atoms with Gasteiger partial charge in [0.25, 0.3) is 0 Å². The van der Waals surface area contributed by atoms with Crippen molar-refractivity contribution in [3.63, 3.8) is 0 Å². The summed E-state index contributed by atoms with van der Waals surface area (Å²) in [5, 5.41) is 74.9. The van der Waals surface area contributed by atoms with Crippen LogP contribution in [0, 0.1) is 0 Å². The van der Waals surface area contributed by atoms with E-state index in [9.17, 15) is 35.4 Å². The third kappa shape index (κ3) is 24.5. The van der Waals surface area contributed by atoms with Crippen molar-refractivity contribution in [3.8, 4) is 0 Å². The summed E-state index contributed by atoms with van der Waals surface area (Å²) >= 11 is 0. The maximum Gasteiger partial charge on any atom is 0.217 e. The molecule has 5 fully saturated rings. The summed E-state index contributed by atoms with van der Waals surface area (Å²) in [6.45, 7) is 1.65. The molecule has 644 valence electrons. The van der Waals surface area contributed by atoms with Crippen molar-refractivity contribution in [2.75, 3.05) is 26.4 Å². The second-order valence-corrected chi connectivity index (χ2v) is 30.7. The van der Waals surface area contributed by atoms with Gasteiger partial charge in [-0.2, -0.15) is 0 Å². The molecule has 5 aliphatic heterocycles. The molecule has 25 atom stereocenters. The minimum Gasteiger partial charge on any atom is -0.394 e. The van der Waals surface area contributed by atoms with Gasteiger partial charge < -0.3 is 121 Å². The molecule has 121 heavy (non-hydrogen) atoms. The Morgan fingerprint density at radius 3 is 0.992 bits per heavy atom. The highest BCUT2D eigenvalue weighted by molar-refractivity contribution is 5.73. The molecular weight excluding hydrogens is 1560 g/mol. The maximum absolute atomic E-state index is 14.7. The fourth-order valence-electron chi connectivity index (χ4n) is 15.6. The SMILES string of the molecule is CC(=O)N[C@H]1[C@H](O[C@H]2[C@@H](O)[C@@H](COCc3ccccc3)O[C@@H](O[C@H]3[C@H](OCc4ccccc4)[C@@H](OCc4ccccc4)[C@H](O)O[C@@H]3COCc3ccccc3)[C@@H]2OCc2ccccc2)O[C@H](COCc2ccccc2)[C@@H](O[C@@H]2O[C@H](CO)[C@H](O)[C@H](O)[C@H]2O)[C@@H]1O[C@@H]1O[C@@H](C)[C@@H](OCc2ccccc2)[C@@H](OCc2ccccc2)[C@@H]1OCc1ccccc1. The van der Waals surface area contributed by atoms with Crippen molar-refractivity contribution in [2.45, 2.75) is 227 Å². The lowest BCUT2D eigenvalue weighted by Gasteiger charge is -2.53. The van der Waals surface area contributed by atoms with Crippen LogP contribution in [0.3, 0.4) is 0 Å². The molecule has 0 bridgehead atoms. The van der Waals surface area contributed by atoms with Gasteiger partial charge in [0.2, 0.25) is 5.91 Å². The first kappa shape index (κ1) is 88.8. The van der Waals surface area contributed by atoms with Crippen molar-refractivity contribution in [2.24, 2.45) is 0 Å². The number of hydrogen-bond acceptors (Lipinski definition) is 25. The van der Waals surface area contributed by atoms with Crippen LogP contribution in [0.2, 0.25) is 0 Å². The number of nitrogens with one attached hydrogen (secondary N) is 1. The Hall–Kier alpha value is -8.51. The fourth-order valence-corrected chi connectivity index (χ4v) is 15.6. The maximum atomic E-state index is 14.7. The summed E-state index contributed by atoms with van der Waals surface area (Å²) in [6.07, 6.45) is -35.6. The van der Waals surface area contributed by atoms with E-state index in [0.717, 1.165) is 44.5 Å². The van der Waals surface area contributed by atoms with Crippen LogP contribution in [0.25, 0.3) is 0 Å². The van der Waals surface area contributed by atoms with Gasteiger partial charge >= 0.3 is 0 Å². The van der Waals surface area contributed by atoms with Gasteiger partial charge in [0, 0.05) is 6.92 Å². The second kappa shape index (κ2) is 45.2. The van der Waals surface area contributed by atoms with Crippen molar-refractivity contribution < 1.29 is 121 Å². The van der Waals surface area contributed by atoms with Gasteiger partial charge in [0.05, 0.1) is 92.0 Å². The number of rotatable bonds is 40. The molecule has 14 rings (SSSR count). The number of ether oxygens (including phenoxy) is 18. The Balaban J connectivity index is 0.901. The van der Waals surface area contributed by atoms with Gasteiger partial charge in [-0.15, -0.1) is 0 Å². The first-order chi connectivity index (χ1) is 59.3. The number of carbonyl (C=O) groups is 1. The zero-order valence-corrected chi connectivity index (χ0v) is 67.5. The molecule has 0 unspecified atom stereocenters. The summed E-state index contributed by atoms with van der Waals surface area (Å²) in [4.78, 5) is 14.7. The smallest absolute Gasteiger partial charge is 0.217 e. The minimum atomic E-state index is -2.00. The molecule has 26 nitrogen and oxygen atoms in total. The molecule has 1 amide bonds. The first-order valence-corrected chi connectivity index (χ1v) is 41.2. The number of aliphatic hydroxyl groups is 6. The molecule has 26 heteroatoms. The molecule has 0 saturated carbocycles. The van der Waals surface area contributed by atoms with E-state index in [-0.39, 0.29) is 79.3 Å². The minimum absolute atomic E-state index is 0.000451. The van der Waals surface area contributed by atoms with E-state index in [4.69, 9.17) is 85.3 Å². The summed E-state index contributed by atoms with van der Waals surface area (Å²) < 4.78 is 126. The highest BCUT2D eigenvalue weighted by atomic mass is 16.8. The molecule has 5 heterocycles. The molecule has 0 radical (unpaired) electrons. The zero-order valence-electron chi connectivity index (χ0n) is 67.5. The van der Waals surface area contributed by atoms with E-state index in [1.165, 1.54) is 6.92 Å². The molecule has 9 aromatic rings. The van der Waals surface area contributed by atoms with Crippen molar-refractivity contribution in [1.29, 1.82) is 0 Å². The average molecular weight is 1660 g/mol. The van der Waals surface area contributed by atoms with Gasteiger partial charge in [-0.1, -0.05) is 273 Å². The van der Waals surface area contributed by atoms with Gasteiger partial charge in [0.1, 0.15) is 116 Å². The lowest BCUT2D eigenvalue weighted by Crippen LogP contribution is -2.71. The molecular formula is C95H109NO25. The summed E-state index contributed by atoms with van der Waals surface area (Å²) in [5.41, 5.74) is 7.15. The second-order valence-electron chi connectivity index (χ2n) is 30.7. The van der Waals surface area contributed by atoms with E-state index >= 15 is 0 Å². The van der Waals surface area contributed by atoms with Crippen molar-refractivity contribution in [3.05, 3.63) is 323 Å². The van der Waals surface area contributed by atoms with Crippen LogP contribution in [0.5, 0.6) is 0 Å². The normalized spacial score (nSPS) is 30.6. The van der Waals surface area contributed by atoms with E-state index in [0.29, 0.717) is 5.56 Å². The molecule has 0 spiro atoms. The fraction of sp³-hybridized carbons (Fsp3) is 0.421. The molecule has 0 aromatic heterocycles. The molecule has 0 aliphatic carbocycles. The molecule has 5 saturated heterocycles. The van der Waals surface area contributed by atoms with Crippen LogP contribution in [0.4, 0.5) is 0 Å². The summed E-state index contributed by atoms with van der Waals surface area (Å²) in [7, 11) is 0. The van der Waals surface area contributed by atoms with Crippen LogP contribution < -0.4 is 5.32 Å². The van der Waals surface area contributed by atoms with E-state index in [1.807, 2.05) is 280 Å². The topological polar surface area (TPSA) is 317 Å². The first-order valence-electron chi connectivity index (χ1n) is 41.2. The molecule has 7 N–H and O–H groups in total. The van der Waals surface area contributed by atoms with Gasteiger partial charge in [-0.25, -0.2) is 0 Å². The largest absolute Gasteiger partial charge is 0.394 e. The average Bonchev–Trinajstić information content (AvgIpc) is 0.755. The Morgan fingerprint density at radius 2 is 0.587 bits per heavy atom. The van der Waals surface area contributed by atoms with E-state index < -0.39 is 166 Å². The van der Waals surface area contributed by atoms with Gasteiger partial charge in [-0.05, 0) is 57.0 Å². The van der Waals surface area contributed by atoms with Crippen molar-refractivity contribution >= 4 is 5.91 Å². The monoisotopic (exact) mass is 1660 g/mol. The Kier molecular flexibility index (Phi) is 33.2. The highest BCUT2D eigenvalue weighted by Crippen LogP contribution is 2.41. The van der Waals surface area contributed by atoms with Crippen molar-refractivity contribution in [1.82, 2.24) is 5.32 Å². The summed E-state index contributed by atoms with van der Waals surface area (Å²) in [5.74, 6) is -0.655. The standard InChI is InChI=1S/C95H109NO25/c1-61-81(107-52-66-36-18-6-19-37-66)86(108-53-67-38-20-7-21-39-67)90(112-57-71-46-28-11-29-47-71)94(113-61)120-84-76(96-62(2)98)92(117-75(60-106-51-65-34-16-5-17-35-65)82(84)118-93-80(102)79(101)77(99)72(48-97)115-93)121-85-78(100)73(58-104-49-63-30-12-3-13-31-63)116-95(89(85)111-56-70-44-26-10-27-45-70)119-83-74(59-105-50-64-32-14-4-15-33-64)114-91(103)88(110-55-69-42-24-9-25-43-69)87(83)109-54-68-40-22-8-23-41-68/h3-47,61,72-95,97,99-103H,48-60H2,1-2H3,(H,96,98)/t61-,72+,73+,74+,75+,76+,77-,78-,79-,80+,81+,82+,83+,84+,85-,86+,87-,88+,89+,90-,91+,92-,93-,94-,95-/m0/s1. The number of carbonyl (C=O) groups excluding carboxylic acids is 1. The quantitative estimate of drug-likeness (QED) is 0.0188. The molecule has 9 aromatic carbocycles. The molecule has 5 aliphatic rings. The predicted molar refractivity (Wildman–Crippen MR) is 438 cm³/mol. The van der Waals surface area contributed by atoms with Crippen LogP contribution in [0.15, 0.2) is 273 Å². The number of aliphatic hydroxyl groups excluding tert-OH is 6. The summed E-state index contributed by atoms with van der Waals surface area (Å²) in [6, 6.07) is 83.6. The Bertz CT molecular complexity index is 4420. The zero-order chi connectivity index (χ0) is 83.7. The van der Waals surface area contributed by atoms with Crippen LogP contribution in [-0.2, 0) is 150 Å². The lowest BCUT2D eigenvalue weighted by atomic mass is 9.93. The lowest BCUT2D eigenvalue weighted by molar-refractivity contribution is -0.398. The van der Waals surface area contributed by atoms with Gasteiger partial charge in [0.15, 0.2) is 31.5 Å². The predicted octanol–water partition coefficient (Wildman–Crippen LogP) is 9.27. The van der Waals surface area contributed by atoms with Crippen LogP contribution in [0.1, 0.15) is 63.9 Å². The van der Waals surface area contributed by atoms with Gasteiger partial charge in [-0.3, -0.25) is 4.79 Å². The Morgan fingerprint density at radius 1 is 0.289 bits per heavy atom. The number of benzene rings is 9. The van der Waals surface area contributed by atoms with E-state index in [2.05, 4.69) is 5.32 Å². The Labute approximate surface area is 704 Å². The third-order valence-corrected chi connectivity index (χ3v) is 21.9. The van der Waals surface area contributed by atoms with E-state index in [1.54, 1.807) is 0 Å². The highest BCUT2D eigenvalue weighted by Gasteiger charge is 2.60. The van der Waals surface area contributed by atoms with Crippen LogP contribution >= 0.6 is 0 Å². The number of hydrogen-bond donors (Lipinski definition) is 7. The third-order valence-electron chi connectivity index (χ3n) is 21.9.